The second-order valence-electron chi connectivity index (χ2n) is 5.70. The lowest BCUT2D eigenvalue weighted by Gasteiger charge is -2.33. The molecule has 2 aliphatic heterocycles. The third-order valence-electron chi connectivity index (χ3n) is 4.16. The van der Waals surface area contributed by atoms with Crippen LogP contribution in [0.3, 0.4) is 0 Å². The molecule has 1 saturated heterocycles. The zero-order valence-corrected chi connectivity index (χ0v) is 11.1. The Morgan fingerprint density at radius 3 is 3.16 bits per heavy atom. The van der Waals surface area contributed by atoms with Crippen molar-refractivity contribution in [2.45, 2.75) is 25.4 Å². The van der Waals surface area contributed by atoms with E-state index in [0.717, 1.165) is 43.9 Å². The van der Waals surface area contributed by atoms with Crippen molar-refractivity contribution in [2.24, 2.45) is 11.7 Å². The molecule has 0 spiro atoms. The average Bonchev–Trinajstić information content (AvgIpc) is 2.80. The van der Waals surface area contributed by atoms with Crippen molar-refractivity contribution in [1.29, 1.82) is 0 Å². The topological polar surface area (TPSA) is 38.5 Å². The minimum Gasteiger partial charge on any atom is -0.488 e. The van der Waals surface area contributed by atoms with Gasteiger partial charge in [-0.2, -0.15) is 0 Å². The number of fused-ring (bicyclic) bond motifs is 1. The number of likely N-dealkylation sites (tertiary alicyclic amines) is 1. The summed E-state index contributed by atoms with van der Waals surface area (Å²) in [7, 11) is 0. The summed E-state index contributed by atoms with van der Waals surface area (Å²) in [4.78, 5) is 2.44. The molecule has 1 aromatic rings. The van der Waals surface area contributed by atoms with Gasteiger partial charge in [0.15, 0.2) is 0 Å². The molecule has 2 heterocycles. The number of halogens is 1. The first-order valence-corrected chi connectivity index (χ1v) is 7.12. The Hall–Kier alpha value is -1.13. The van der Waals surface area contributed by atoms with Gasteiger partial charge in [-0.3, -0.25) is 4.90 Å². The predicted molar refractivity (Wildman–Crippen MR) is 72.7 cm³/mol. The van der Waals surface area contributed by atoms with Gasteiger partial charge >= 0.3 is 0 Å². The van der Waals surface area contributed by atoms with E-state index in [2.05, 4.69) is 4.90 Å². The fourth-order valence-corrected chi connectivity index (χ4v) is 3.19. The van der Waals surface area contributed by atoms with E-state index in [1.165, 1.54) is 18.9 Å². The summed E-state index contributed by atoms with van der Waals surface area (Å²) in [6, 6.07) is 4.80. The van der Waals surface area contributed by atoms with Crippen LogP contribution in [0, 0.1) is 11.7 Å². The van der Waals surface area contributed by atoms with E-state index in [-0.39, 0.29) is 11.9 Å². The van der Waals surface area contributed by atoms with Crippen molar-refractivity contribution < 1.29 is 9.13 Å². The number of hydrogen-bond donors (Lipinski definition) is 1. The summed E-state index contributed by atoms with van der Waals surface area (Å²) >= 11 is 0. The number of piperidine rings is 1. The highest BCUT2D eigenvalue weighted by Gasteiger charge is 2.27. The zero-order valence-electron chi connectivity index (χ0n) is 11.1. The van der Waals surface area contributed by atoms with Crippen LogP contribution in [0.15, 0.2) is 18.2 Å². The minimum absolute atomic E-state index is 0.160. The monoisotopic (exact) mass is 264 g/mol. The van der Waals surface area contributed by atoms with Gasteiger partial charge in [0.25, 0.3) is 0 Å². The summed E-state index contributed by atoms with van der Waals surface area (Å²) in [6.07, 6.45) is 3.44. The van der Waals surface area contributed by atoms with Crippen LogP contribution in [-0.4, -0.2) is 37.2 Å². The first-order valence-electron chi connectivity index (χ1n) is 7.12. The standard InChI is InChI=1S/C15H21FN2O/c16-13-3-4-15-12(6-13)7-14(19-15)10-18-5-1-2-11(8-17)9-18/h3-4,6,11,14H,1-2,5,7-10,17H2. The van der Waals surface area contributed by atoms with Gasteiger partial charge in [-0.1, -0.05) is 0 Å². The van der Waals surface area contributed by atoms with E-state index in [9.17, 15) is 4.39 Å². The van der Waals surface area contributed by atoms with Crippen LogP contribution in [0.25, 0.3) is 0 Å². The third-order valence-corrected chi connectivity index (χ3v) is 4.16. The van der Waals surface area contributed by atoms with Crippen LogP contribution >= 0.6 is 0 Å². The van der Waals surface area contributed by atoms with Gasteiger partial charge in [0.1, 0.15) is 17.7 Å². The maximum atomic E-state index is 13.2. The molecule has 3 rings (SSSR count). The molecule has 2 N–H and O–H groups in total. The maximum absolute atomic E-state index is 13.2. The van der Waals surface area contributed by atoms with Gasteiger partial charge in [-0.25, -0.2) is 4.39 Å². The van der Waals surface area contributed by atoms with Crippen LogP contribution in [0.5, 0.6) is 5.75 Å². The van der Waals surface area contributed by atoms with Gasteiger partial charge in [-0.15, -0.1) is 0 Å². The molecular weight excluding hydrogens is 243 g/mol. The summed E-state index contributed by atoms with van der Waals surface area (Å²) in [5, 5.41) is 0. The Morgan fingerprint density at radius 2 is 2.32 bits per heavy atom. The summed E-state index contributed by atoms with van der Waals surface area (Å²) in [5.41, 5.74) is 6.76. The molecule has 2 atom stereocenters. The van der Waals surface area contributed by atoms with Gasteiger partial charge < -0.3 is 10.5 Å². The zero-order chi connectivity index (χ0) is 13.2. The average molecular weight is 264 g/mol. The smallest absolute Gasteiger partial charge is 0.123 e. The Morgan fingerprint density at radius 1 is 1.42 bits per heavy atom. The van der Waals surface area contributed by atoms with Crippen molar-refractivity contribution >= 4 is 0 Å². The van der Waals surface area contributed by atoms with E-state index in [4.69, 9.17) is 10.5 Å². The molecule has 0 aliphatic carbocycles. The lowest BCUT2D eigenvalue weighted by atomic mass is 9.98. The molecular formula is C15H21FN2O. The number of ether oxygens (including phenoxy) is 1. The molecule has 2 aliphatic rings. The number of rotatable bonds is 3. The highest BCUT2D eigenvalue weighted by molar-refractivity contribution is 5.37. The van der Waals surface area contributed by atoms with Gasteiger partial charge in [0.2, 0.25) is 0 Å². The summed E-state index contributed by atoms with van der Waals surface area (Å²) < 4.78 is 19.1. The van der Waals surface area contributed by atoms with Gasteiger partial charge in [-0.05, 0) is 50.0 Å². The molecule has 0 radical (unpaired) electrons. The SMILES string of the molecule is NCC1CCCN(CC2Cc3cc(F)ccc3O2)C1. The fourth-order valence-electron chi connectivity index (χ4n) is 3.19. The molecule has 104 valence electrons. The van der Waals surface area contributed by atoms with E-state index in [1.807, 2.05) is 0 Å². The normalized spacial score (nSPS) is 27.1. The number of nitrogens with zero attached hydrogens (tertiary/aromatic N) is 1. The molecule has 1 aromatic carbocycles. The van der Waals surface area contributed by atoms with Gasteiger partial charge in [0.05, 0.1) is 0 Å². The largest absolute Gasteiger partial charge is 0.488 e. The quantitative estimate of drug-likeness (QED) is 0.904. The molecule has 3 nitrogen and oxygen atoms in total. The van der Waals surface area contributed by atoms with E-state index in [0.29, 0.717) is 5.92 Å². The van der Waals surface area contributed by atoms with E-state index in [1.54, 1.807) is 12.1 Å². The second-order valence-corrected chi connectivity index (χ2v) is 5.70. The molecule has 4 heteroatoms. The maximum Gasteiger partial charge on any atom is 0.123 e. The van der Waals surface area contributed by atoms with Crippen molar-refractivity contribution in [1.82, 2.24) is 4.90 Å². The number of benzene rings is 1. The predicted octanol–water partition coefficient (Wildman–Crippen LogP) is 1.80. The molecule has 1 fully saturated rings. The molecule has 0 saturated carbocycles. The highest BCUT2D eigenvalue weighted by Crippen LogP contribution is 2.30. The van der Waals surface area contributed by atoms with E-state index >= 15 is 0 Å². The Balaban J connectivity index is 1.58. The second kappa shape index (κ2) is 5.47. The van der Waals surface area contributed by atoms with Crippen molar-refractivity contribution in [3.05, 3.63) is 29.6 Å². The van der Waals surface area contributed by atoms with Crippen molar-refractivity contribution in [2.75, 3.05) is 26.2 Å². The van der Waals surface area contributed by atoms with Crippen molar-refractivity contribution in [3.63, 3.8) is 0 Å². The summed E-state index contributed by atoms with van der Waals surface area (Å²) in [5.74, 6) is 1.29. The Kier molecular flexibility index (Phi) is 3.71. The fraction of sp³-hybridized carbons (Fsp3) is 0.600. The first kappa shape index (κ1) is 12.9. The van der Waals surface area contributed by atoms with Crippen LogP contribution in [0.1, 0.15) is 18.4 Å². The third kappa shape index (κ3) is 2.90. The van der Waals surface area contributed by atoms with E-state index < -0.39 is 0 Å². The summed E-state index contributed by atoms with van der Waals surface area (Å²) in [6.45, 7) is 3.89. The molecule has 0 aromatic heterocycles. The number of nitrogens with two attached hydrogens (primary N) is 1. The van der Waals surface area contributed by atoms with Crippen molar-refractivity contribution in [3.8, 4) is 5.75 Å². The van der Waals surface area contributed by atoms with Crippen LogP contribution in [0.4, 0.5) is 4.39 Å². The Bertz CT molecular complexity index is 452. The van der Waals surface area contributed by atoms with Crippen LogP contribution in [0.2, 0.25) is 0 Å². The van der Waals surface area contributed by atoms with Gasteiger partial charge in [0, 0.05) is 25.1 Å². The van der Waals surface area contributed by atoms with Crippen LogP contribution in [-0.2, 0) is 6.42 Å². The number of hydrogen-bond acceptors (Lipinski definition) is 3. The highest BCUT2D eigenvalue weighted by atomic mass is 19.1. The minimum atomic E-state index is -0.177. The molecule has 0 bridgehead atoms. The van der Waals surface area contributed by atoms with Crippen LogP contribution < -0.4 is 10.5 Å². The first-order chi connectivity index (χ1) is 9.24. The molecule has 0 amide bonds. The molecule has 19 heavy (non-hydrogen) atoms. The Labute approximate surface area is 113 Å². The molecule has 2 unspecified atom stereocenters. The lowest BCUT2D eigenvalue weighted by molar-refractivity contribution is 0.112. The lowest BCUT2D eigenvalue weighted by Crippen LogP contribution is -2.43.